The summed E-state index contributed by atoms with van der Waals surface area (Å²) in [5.41, 5.74) is 6.86. The van der Waals surface area contributed by atoms with Gasteiger partial charge in [-0.25, -0.2) is 4.98 Å². The molecule has 1 aromatic heterocycles. The second-order valence-corrected chi connectivity index (χ2v) is 4.87. The lowest BCUT2D eigenvalue weighted by atomic mass is 10.1. The normalized spacial score (nSPS) is 16.4. The molecule has 2 heterocycles. The number of halogens is 1. The molecule has 6 heteroatoms. The van der Waals surface area contributed by atoms with Crippen LogP contribution in [0.4, 0.5) is 5.82 Å². The largest absolute Gasteiger partial charge is 0.491 e. The average molecular weight is 290 g/mol. The van der Waals surface area contributed by atoms with Gasteiger partial charge in [-0.15, -0.1) is 0 Å². The highest BCUT2D eigenvalue weighted by molar-refractivity contribution is 6.33. The number of carbonyl (C=O) groups excluding carboxylic acids is 1. The molecule has 1 unspecified atom stereocenters. The van der Waals surface area contributed by atoms with Gasteiger partial charge in [0.1, 0.15) is 18.2 Å². The van der Waals surface area contributed by atoms with E-state index < -0.39 is 0 Å². The van der Waals surface area contributed by atoms with Crippen LogP contribution in [0.15, 0.2) is 36.5 Å². The molecule has 2 aromatic rings. The summed E-state index contributed by atoms with van der Waals surface area (Å²) in [4.78, 5) is 16.0. The molecule has 0 fully saturated rings. The van der Waals surface area contributed by atoms with E-state index in [2.05, 4.69) is 10.3 Å². The van der Waals surface area contributed by atoms with Crippen LogP contribution in [0.2, 0.25) is 5.02 Å². The van der Waals surface area contributed by atoms with Crippen molar-refractivity contribution in [2.75, 3.05) is 12.3 Å². The Hall–Kier alpha value is -2.27. The minimum atomic E-state index is -0.260. The van der Waals surface area contributed by atoms with Crippen molar-refractivity contribution in [1.82, 2.24) is 10.3 Å². The Morgan fingerprint density at radius 1 is 1.45 bits per heavy atom. The summed E-state index contributed by atoms with van der Waals surface area (Å²) < 4.78 is 5.51. The Balaban J connectivity index is 1.79. The molecule has 5 nitrogen and oxygen atoms in total. The molecule has 0 aliphatic carbocycles. The van der Waals surface area contributed by atoms with E-state index in [9.17, 15) is 4.79 Å². The first-order chi connectivity index (χ1) is 9.65. The predicted octanol–water partition coefficient (Wildman–Crippen LogP) is 2.18. The molecule has 0 bridgehead atoms. The summed E-state index contributed by atoms with van der Waals surface area (Å²) in [5.74, 6) is 0.744. The molecule has 1 aliphatic rings. The van der Waals surface area contributed by atoms with Gasteiger partial charge in [-0.3, -0.25) is 4.79 Å². The molecule has 1 amide bonds. The number of hydrogen-bond acceptors (Lipinski definition) is 4. The zero-order chi connectivity index (χ0) is 14.1. The average Bonchev–Trinajstić information content (AvgIpc) is 2.85. The van der Waals surface area contributed by atoms with Crippen LogP contribution in [-0.2, 0) is 0 Å². The van der Waals surface area contributed by atoms with Gasteiger partial charge in [0.05, 0.1) is 16.6 Å². The second-order valence-electron chi connectivity index (χ2n) is 4.47. The third-order valence-electron chi connectivity index (χ3n) is 3.14. The Morgan fingerprint density at radius 3 is 3.05 bits per heavy atom. The number of amides is 1. The van der Waals surface area contributed by atoms with Crippen LogP contribution in [-0.4, -0.2) is 17.5 Å². The number of fused-ring (bicyclic) bond motifs is 1. The number of carbonyl (C=O) groups is 1. The quantitative estimate of drug-likeness (QED) is 0.888. The summed E-state index contributed by atoms with van der Waals surface area (Å²) in [7, 11) is 0. The van der Waals surface area contributed by atoms with E-state index in [1.807, 2.05) is 24.3 Å². The molecule has 0 saturated heterocycles. The summed E-state index contributed by atoms with van der Waals surface area (Å²) in [6.07, 6.45) is 1.40. The Bertz CT molecular complexity index is 675. The lowest BCUT2D eigenvalue weighted by Gasteiger charge is -2.12. The zero-order valence-corrected chi connectivity index (χ0v) is 11.2. The van der Waals surface area contributed by atoms with E-state index in [1.54, 1.807) is 0 Å². The summed E-state index contributed by atoms with van der Waals surface area (Å²) >= 11 is 5.86. The van der Waals surface area contributed by atoms with Crippen LogP contribution in [0.3, 0.4) is 0 Å². The smallest absolute Gasteiger partial charge is 0.253 e. The maximum atomic E-state index is 12.2. The van der Waals surface area contributed by atoms with Crippen molar-refractivity contribution in [2.45, 2.75) is 6.04 Å². The summed E-state index contributed by atoms with van der Waals surface area (Å²) in [6.45, 7) is 0.418. The fourth-order valence-corrected chi connectivity index (χ4v) is 2.26. The van der Waals surface area contributed by atoms with Crippen molar-refractivity contribution in [3.05, 3.63) is 52.7 Å². The van der Waals surface area contributed by atoms with Gasteiger partial charge in [-0.2, -0.15) is 0 Å². The van der Waals surface area contributed by atoms with Gasteiger partial charge in [-0.1, -0.05) is 29.8 Å². The van der Waals surface area contributed by atoms with Crippen LogP contribution in [0.25, 0.3) is 0 Å². The van der Waals surface area contributed by atoms with Crippen molar-refractivity contribution in [2.24, 2.45) is 0 Å². The number of anilines is 1. The highest BCUT2D eigenvalue weighted by atomic mass is 35.5. The molecule has 1 aliphatic heterocycles. The second kappa shape index (κ2) is 5.02. The third-order valence-corrected chi connectivity index (χ3v) is 3.44. The van der Waals surface area contributed by atoms with E-state index in [1.165, 1.54) is 12.3 Å². The number of rotatable bonds is 2. The van der Waals surface area contributed by atoms with E-state index in [0.717, 1.165) is 11.3 Å². The number of ether oxygens (including phenoxy) is 1. The number of nitrogen functional groups attached to an aromatic ring is 1. The topological polar surface area (TPSA) is 77.2 Å². The number of para-hydroxylation sites is 1. The Morgan fingerprint density at radius 2 is 2.25 bits per heavy atom. The van der Waals surface area contributed by atoms with Crippen LogP contribution >= 0.6 is 11.6 Å². The number of benzene rings is 1. The molecule has 1 aromatic carbocycles. The predicted molar refractivity (Wildman–Crippen MR) is 75.8 cm³/mol. The van der Waals surface area contributed by atoms with Crippen LogP contribution in [0, 0.1) is 0 Å². The van der Waals surface area contributed by atoms with Crippen molar-refractivity contribution < 1.29 is 9.53 Å². The molecule has 102 valence electrons. The molecule has 0 saturated carbocycles. The molecule has 1 atom stereocenters. The minimum Gasteiger partial charge on any atom is -0.491 e. The van der Waals surface area contributed by atoms with Crippen LogP contribution in [0.1, 0.15) is 22.0 Å². The van der Waals surface area contributed by atoms with Gasteiger partial charge >= 0.3 is 0 Å². The van der Waals surface area contributed by atoms with Crippen molar-refractivity contribution >= 4 is 23.3 Å². The van der Waals surface area contributed by atoms with Crippen molar-refractivity contribution in [3.8, 4) is 5.75 Å². The van der Waals surface area contributed by atoms with Gasteiger partial charge in [-0.05, 0) is 12.1 Å². The number of nitrogens with one attached hydrogen (secondary N) is 1. The zero-order valence-electron chi connectivity index (χ0n) is 10.5. The first-order valence-electron chi connectivity index (χ1n) is 6.09. The molecule has 0 radical (unpaired) electrons. The number of pyridine rings is 1. The maximum absolute atomic E-state index is 12.2. The number of nitrogens with zero attached hydrogens (tertiary/aromatic N) is 1. The summed E-state index contributed by atoms with van der Waals surface area (Å²) in [6, 6.07) is 8.95. The highest BCUT2D eigenvalue weighted by Crippen LogP contribution is 2.31. The molecule has 0 spiro atoms. The monoisotopic (exact) mass is 289 g/mol. The van der Waals surface area contributed by atoms with E-state index in [-0.39, 0.29) is 22.8 Å². The van der Waals surface area contributed by atoms with Crippen LogP contribution in [0.5, 0.6) is 5.75 Å². The van der Waals surface area contributed by atoms with Gasteiger partial charge in [0.15, 0.2) is 0 Å². The standard InChI is InChI=1S/C14H12ClN3O2/c15-10-5-8(6-17-13(10)16)14(19)18-11-7-20-12-4-2-1-3-9(11)12/h1-6,11H,7H2,(H2,16,17)(H,18,19). The van der Waals surface area contributed by atoms with E-state index >= 15 is 0 Å². The van der Waals surface area contributed by atoms with Crippen molar-refractivity contribution in [3.63, 3.8) is 0 Å². The lowest BCUT2D eigenvalue weighted by molar-refractivity contribution is 0.0930. The molecular formula is C14H12ClN3O2. The lowest BCUT2D eigenvalue weighted by Crippen LogP contribution is -2.29. The third kappa shape index (κ3) is 2.28. The van der Waals surface area contributed by atoms with Gasteiger partial charge < -0.3 is 15.8 Å². The maximum Gasteiger partial charge on any atom is 0.253 e. The number of nitrogens with two attached hydrogens (primary N) is 1. The Kier molecular flexibility index (Phi) is 3.20. The molecule has 20 heavy (non-hydrogen) atoms. The van der Waals surface area contributed by atoms with Crippen LogP contribution < -0.4 is 15.8 Å². The van der Waals surface area contributed by atoms with Gasteiger partial charge in [0, 0.05) is 11.8 Å². The fourth-order valence-electron chi connectivity index (χ4n) is 2.10. The first-order valence-corrected chi connectivity index (χ1v) is 6.46. The van der Waals surface area contributed by atoms with Gasteiger partial charge in [0.25, 0.3) is 5.91 Å². The highest BCUT2D eigenvalue weighted by Gasteiger charge is 2.25. The summed E-state index contributed by atoms with van der Waals surface area (Å²) in [5, 5.41) is 3.16. The van der Waals surface area contributed by atoms with E-state index in [0.29, 0.717) is 12.2 Å². The molecule has 3 N–H and O–H groups in total. The fraction of sp³-hybridized carbons (Fsp3) is 0.143. The first kappa shape index (κ1) is 12.7. The Labute approximate surface area is 120 Å². The molecular weight excluding hydrogens is 278 g/mol. The number of aromatic nitrogens is 1. The number of hydrogen-bond donors (Lipinski definition) is 2. The SMILES string of the molecule is Nc1ncc(C(=O)NC2COc3ccccc32)cc1Cl. The minimum absolute atomic E-state index is 0.171. The van der Waals surface area contributed by atoms with E-state index in [4.69, 9.17) is 22.1 Å². The van der Waals surface area contributed by atoms with Gasteiger partial charge in [0.2, 0.25) is 0 Å². The van der Waals surface area contributed by atoms with Crippen molar-refractivity contribution in [1.29, 1.82) is 0 Å². The molecule has 3 rings (SSSR count).